The molecular formula is C27H44ClIN+. The molecule has 0 aliphatic rings. The Morgan fingerprint density at radius 1 is 0.833 bits per heavy atom. The molecule has 0 saturated heterocycles. The highest BCUT2D eigenvalue weighted by molar-refractivity contribution is 14.1. The first-order chi connectivity index (χ1) is 14.6. The van der Waals surface area contributed by atoms with Gasteiger partial charge in [0.15, 0.2) is 0 Å². The maximum Gasteiger partial charge on any atom is 0.144 e. The standard InChI is InChI=1S/C27H44ClIN/c1-4-7-9-11-13-15-22-30(21-6-3,23-16-14-12-10-8-5-2)27(29)24-25-17-19-26(28)20-18-25/h3,17-20,27H,4-5,7-16,21-24H2,1-2H3/q+1. The molecule has 30 heavy (non-hydrogen) atoms. The fraction of sp³-hybridized carbons (Fsp3) is 0.704. The normalized spacial score (nSPS) is 12.6. The van der Waals surface area contributed by atoms with Gasteiger partial charge in [0.25, 0.3) is 0 Å². The summed E-state index contributed by atoms with van der Waals surface area (Å²) in [5, 5.41) is 0.812. The van der Waals surface area contributed by atoms with Gasteiger partial charge in [-0.3, -0.25) is 0 Å². The molecule has 0 aliphatic heterocycles. The van der Waals surface area contributed by atoms with Gasteiger partial charge in [0, 0.05) is 11.4 Å². The Morgan fingerprint density at radius 3 is 1.77 bits per heavy atom. The van der Waals surface area contributed by atoms with E-state index in [2.05, 4.69) is 54.5 Å². The van der Waals surface area contributed by atoms with Crippen molar-refractivity contribution in [2.75, 3.05) is 19.6 Å². The van der Waals surface area contributed by atoms with E-state index in [4.69, 9.17) is 18.0 Å². The fourth-order valence-corrected chi connectivity index (χ4v) is 5.64. The molecule has 0 spiro atoms. The number of benzene rings is 1. The molecule has 3 heteroatoms. The van der Waals surface area contributed by atoms with Crippen LogP contribution in [0, 0.1) is 12.3 Å². The molecule has 1 atom stereocenters. The zero-order valence-electron chi connectivity index (χ0n) is 19.5. The summed E-state index contributed by atoms with van der Waals surface area (Å²) < 4.78 is 1.58. The summed E-state index contributed by atoms with van der Waals surface area (Å²) in [4.78, 5) is 0. The molecule has 0 heterocycles. The summed E-state index contributed by atoms with van der Waals surface area (Å²) >= 11 is 8.78. The predicted octanol–water partition coefficient (Wildman–Crippen LogP) is 8.81. The number of hydrogen-bond acceptors (Lipinski definition) is 0. The topological polar surface area (TPSA) is 0 Å². The molecule has 1 rings (SSSR count). The Hall–Kier alpha value is -0.240. The van der Waals surface area contributed by atoms with Crippen molar-refractivity contribution >= 4 is 34.2 Å². The molecule has 170 valence electrons. The van der Waals surface area contributed by atoms with E-state index in [-0.39, 0.29) is 0 Å². The average molecular weight is 545 g/mol. The van der Waals surface area contributed by atoms with Gasteiger partial charge in [-0.05, 0) is 71.9 Å². The molecule has 0 N–H and O–H groups in total. The van der Waals surface area contributed by atoms with Crippen molar-refractivity contribution in [2.24, 2.45) is 0 Å². The second-order valence-electron chi connectivity index (χ2n) is 8.83. The fourth-order valence-electron chi connectivity index (χ4n) is 4.25. The SMILES string of the molecule is C#CC[N+](CCCCCCCC)(CCCCCCCC)C(I)Cc1ccc(Cl)cc1. The van der Waals surface area contributed by atoms with Crippen LogP contribution in [0.4, 0.5) is 0 Å². The van der Waals surface area contributed by atoms with Crippen molar-refractivity contribution in [2.45, 2.75) is 101 Å². The lowest BCUT2D eigenvalue weighted by Gasteiger charge is -2.42. The molecule has 0 saturated carbocycles. The largest absolute Gasteiger partial charge is 0.303 e. The third-order valence-corrected chi connectivity index (χ3v) is 8.11. The maximum absolute atomic E-state index is 6.10. The van der Waals surface area contributed by atoms with Crippen LogP contribution in [0.25, 0.3) is 0 Å². The van der Waals surface area contributed by atoms with E-state index in [1.165, 1.54) is 95.7 Å². The van der Waals surface area contributed by atoms with Gasteiger partial charge in [-0.2, -0.15) is 0 Å². The minimum Gasteiger partial charge on any atom is -0.303 e. The van der Waals surface area contributed by atoms with Crippen LogP contribution in [0.3, 0.4) is 0 Å². The zero-order valence-corrected chi connectivity index (χ0v) is 22.4. The molecule has 1 unspecified atom stereocenters. The van der Waals surface area contributed by atoms with Gasteiger partial charge in [-0.25, -0.2) is 0 Å². The van der Waals surface area contributed by atoms with Gasteiger partial charge in [-0.1, -0.05) is 88.9 Å². The summed E-state index contributed by atoms with van der Waals surface area (Å²) in [6.07, 6.45) is 23.1. The third-order valence-electron chi connectivity index (χ3n) is 6.23. The van der Waals surface area contributed by atoms with Gasteiger partial charge in [0.2, 0.25) is 0 Å². The molecule has 1 aromatic rings. The molecule has 0 aromatic heterocycles. The van der Waals surface area contributed by atoms with E-state index >= 15 is 0 Å². The van der Waals surface area contributed by atoms with Crippen LogP contribution in [-0.4, -0.2) is 28.2 Å². The number of unbranched alkanes of at least 4 members (excludes halogenated alkanes) is 10. The van der Waals surface area contributed by atoms with Crippen molar-refractivity contribution in [1.29, 1.82) is 0 Å². The minimum atomic E-state index is 0.506. The molecule has 0 amide bonds. The number of quaternary nitrogens is 1. The Labute approximate surface area is 206 Å². The van der Waals surface area contributed by atoms with Crippen LogP contribution >= 0.6 is 34.2 Å². The van der Waals surface area contributed by atoms with E-state index in [1.807, 2.05) is 12.1 Å². The summed E-state index contributed by atoms with van der Waals surface area (Å²) in [6.45, 7) is 7.85. The van der Waals surface area contributed by atoms with E-state index < -0.39 is 0 Å². The minimum absolute atomic E-state index is 0.506. The zero-order chi connectivity index (χ0) is 22.1. The second-order valence-corrected chi connectivity index (χ2v) is 10.7. The summed E-state index contributed by atoms with van der Waals surface area (Å²) in [6, 6.07) is 8.37. The maximum atomic E-state index is 6.10. The van der Waals surface area contributed by atoms with E-state index in [1.54, 1.807) is 0 Å². The summed E-state index contributed by atoms with van der Waals surface area (Å²) in [5.74, 6) is 3.05. The van der Waals surface area contributed by atoms with Crippen LogP contribution in [-0.2, 0) is 6.42 Å². The van der Waals surface area contributed by atoms with Gasteiger partial charge >= 0.3 is 0 Å². The number of alkyl halides is 1. The first-order valence-electron chi connectivity index (χ1n) is 12.3. The number of terminal acetylenes is 1. The Morgan fingerprint density at radius 2 is 1.30 bits per heavy atom. The second kappa shape index (κ2) is 17.3. The summed E-state index contributed by atoms with van der Waals surface area (Å²) in [5.41, 5.74) is 1.37. The number of halogens is 2. The molecule has 0 bridgehead atoms. The lowest BCUT2D eigenvalue weighted by molar-refractivity contribution is -0.927. The highest BCUT2D eigenvalue weighted by Crippen LogP contribution is 2.27. The Bertz CT molecular complexity index is 562. The van der Waals surface area contributed by atoms with Crippen LogP contribution in [0.5, 0.6) is 0 Å². The first kappa shape index (κ1) is 27.8. The Balaban J connectivity index is 2.75. The van der Waals surface area contributed by atoms with Crippen LogP contribution < -0.4 is 0 Å². The lowest BCUT2D eigenvalue weighted by atomic mass is 10.1. The molecule has 0 radical (unpaired) electrons. The smallest absolute Gasteiger partial charge is 0.144 e. The monoisotopic (exact) mass is 544 g/mol. The van der Waals surface area contributed by atoms with Crippen molar-refractivity contribution in [3.8, 4) is 12.3 Å². The molecule has 1 aromatic carbocycles. The van der Waals surface area contributed by atoms with Gasteiger partial charge < -0.3 is 4.48 Å². The third kappa shape index (κ3) is 11.4. The van der Waals surface area contributed by atoms with Crippen molar-refractivity contribution in [3.05, 3.63) is 34.9 Å². The van der Waals surface area contributed by atoms with Crippen molar-refractivity contribution < 1.29 is 4.48 Å². The number of hydrogen-bond donors (Lipinski definition) is 0. The number of nitrogens with zero attached hydrogens (tertiary/aromatic N) is 1. The lowest BCUT2D eigenvalue weighted by Crippen LogP contribution is -2.55. The number of rotatable bonds is 18. The summed E-state index contributed by atoms with van der Waals surface area (Å²) in [7, 11) is 0. The van der Waals surface area contributed by atoms with Crippen LogP contribution in [0.15, 0.2) is 24.3 Å². The first-order valence-corrected chi connectivity index (χ1v) is 13.9. The molecule has 0 aliphatic carbocycles. The highest BCUT2D eigenvalue weighted by atomic mass is 127. The quantitative estimate of drug-likeness (QED) is 0.0432. The molecule has 0 fully saturated rings. The van der Waals surface area contributed by atoms with Gasteiger partial charge in [0.05, 0.1) is 13.1 Å². The average Bonchev–Trinajstić information content (AvgIpc) is 2.74. The van der Waals surface area contributed by atoms with E-state index in [0.717, 1.165) is 22.5 Å². The van der Waals surface area contributed by atoms with Crippen LogP contribution in [0.2, 0.25) is 5.02 Å². The van der Waals surface area contributed by atoms with Gasteiger partial charge in [-0.15, -0.1) is 6.42 Å². The van der Waals surface area contributed by atoms with Gasteiger partial charge in [0.1, 0.15) is 10.6 Å². The predicted molar refractivity (Wildman–Crippen MR) is 143 cm³/mol. The van der Waals surface area contributed by atoms with Crippen LogP contribution in [0.1, 0.15) is 96.5 Å². The molecular weight excluding hydrogens is 501 g/mol. The molecule has 1 nitrogen and oxygen atoms in total. The van der Waals surface area contributed by atoms with E-state index in [0.29, 0.717) is 4.05 Å². The Kier molecular flexibility index (Phi) is 16.1. The van der Waals surface area contributed by atoms with E-state index in [9.17, 15) is 0 Å². The highest BCUT2D eigenvalue weighted by Gasteiger charge is 2.33. The van der Waals surface area contributed by atoms with Crippen molar-refractivity contribution in [3.63, 3.8) is 0 Å². The van der Waals surface area contributed by atoms with Crippen molar-refractivity contribution in [1.82, 2.24) is 0 Å².